The molecule has 0 aliphatic carbocycles. The summed E-state index contributed by atoms with van der Waals surface area (Å²) >= 11 is 0. The second-order valence-corrected chi connectivity index (χ2v) is 4.43. The van der Waals surface area contributed by atoms with E-state index in [0.717, 1.165) is 42.6 Å². The molecule has 3 nitrogen and oxygen atoms in total. The van der Waals surface area contributed by atoms with E-state index in [0.29, 0.717) is 13.0 Å². The Morgan fingerprint density at radius 1 is 1.50 bits per heavy atom. The standard InChI is InChI=1S/C15H18N2O/c1-2-3-4-10-17-15(18)13-7-5-9-14-12(13)8-6-11-16-14/h1,5,7,9,16H,3-4,6,8,10-11H2,(H,17,18). The molecule has 0 unspecified atom stereocenters. The number of rotatable bonds is 4. The molecule has 1 aliphatic heterocycles. The van der Waals surface area contributed by atoms with Gasteiger partial charge in [-0.25, -0.2) is 0 Å². The number of nitrogens with one attached hydrogen (secondary N) is 2. The molecular formula is C15H18N2O. The minimum absolute atomic E-state index is 0.00701. The van der Waals surface area contributed by atoms with Crippen molar-refractivity contribution in [2.45, 2.75) is 25.7 Å². The number of amides is 1. The molecular weight excluding hydrogens is 224 g/mol. The average molecular weight is 242 g/mol. The summed E-state index contributed by atoms with van der Waals surface area (Å²) < 4.78 is 0. The van der Waals surface area contributed by atoms with Crippen LogP contribution in [0.2, 0.25) is 0 Å². The zero-order valence-corrected chi connectivity index (χ0v) is 10.5. The summed E-state index contributed by atoms with van der Waals surface area (Å²) in [6, 6.07) is 5.85. The van der Waals surface area contributed by atoms with E-state index >= 15 is 0 Å². The number of fused-ring (bicyclic) bond motifs is 1. The second kappa shape index (κ2) is 6.11. The van der Waals surface area contributed by atoms with E-state index < -0.39 is 0 Å². The molecule has 2 rings (SSSR count). The van der Waals surface area contributed by atoms with Gasteiger partial charge in [0.25, 0.3) is 5.91 Å². The summed E-state index contributed by atoms with van der Waals surface area (Å²) in [6.45, 7) is 1.63. The zero-order chi connectivity index (χ0) is 12.8. The molecule has 1 heterocycles. The predicted molar refractivity (Wildman–Crippen MR) is 73.7 cm³/mol. The highest BCUT2D eigenvalue weighted by atomic mass is 16.1. The quantitative estimate of drug-likeness (QED) is 0.627. The van der Waals surface area contributed by atoms with E-state index in [1.807, 2.05) is 18.2 Å². The van der Waals surface area contributed by atoms with Gasteiger partial charge in [-0.3, -0.25) is 4.79 Å². The van der Waals surface area contributed by atoms with Crippen molar-refractivity contribution in [2.24, 2.45) is 0 Å². The van der Waals surface area contributed by atoms with Gasteiger partial charge in [0.05, 0.1) is 0 Å². The highest BCUT2D eigenvalue weighted by Crippen LogP contribution is 2.25. The van der Waals surface area contributed by atoms with Crippen LogP contribution in [-0.4, -0.2) is 19.0 Å². The molecule has 1 aromatic carbocycles. The fourth-order valence-electron chi connectivity index (χ4n) is 2.21. The first-order valence-corrected chi connectivity index (χ1v) is 6.40. The van der Waals surface area contributed by atoms with Crippen molar-refractivity contribution in [3.05, 3.63) is 29.3 Å². The molecule has 0 saturated heterocycles. The van der Waals surface area contributed by atoms with Gasteiger partial charge in [0.2, 0.25) is 0 Å². The van der Waals surface area contributed by atoms with E-state index in [9.17, 15) is 4.79 Å². The Balaban J connectivity index is 2.04. The lowest BCUT2D eigenvalue weighted by molar-refractivity contribution is 0.0952. The van der Waals surface area contributed by atoms with E-state index in [2.05, 4.69) is 16.6 Å². The maximum atomic E-state index is 12.1. The van der Waals surface area contributed by atoms with Gasteiger partial charge in [-0.05, 0) is 37.0 Å². The van der Waals surface area contributed by atoms with Crippen molar-refractivity contribution in [1.82, 2.24) is 5.32 Å². The number of hydrogen-bond acceptors (Lipinski definition) is 2. The molecule has 0 saturated carbocycles. The van der Waals surface area contributed by atoms with Gasteiger partial charge in [-0.2, -0.15) is 0 Å². The van der Waals surface area contributed by atoms with Gasteiger partial charge in [0.15, 0.2) is 0 Å². The summed E-state index contributed by atoms with van der Waals surface area (Å²) in [5.74, 6) is 2.58. The van der Waals surface area contributed by atoms with Crippen LogP contribution in [-0.2, 0) is 6.42 Å². The molecule has 94 valence electrons. The molecule has 3 heteroatoms. The van der Waals surface area contributed by atoms with E-state index in [1.165, 1.54) is 0 Å². The number of unbranched alkanes of at least 4 members (excludes halogenated alkanes) is 1. The molecule has 2 N–H and O–H groups in total. The summed E-state index contributed by atoms with van der Waals surface area (Å²) in [6.07, 6.45) is 8.75. The SMILES string of the molecule is C#CCCCNC(=O)c1cccc2c1CCCN2. The topological polar surface area (TPSA) is 41.1 Å². The van der Waals surface area contributed by atoms with Crippen LogP contribution in [0.1, 0.15) is 35.2 Å². The highest BCUT2D eigenvalue weighted by Gasteiger charge is 2.16. The van der Waals surface area contributed by atoms with Crippen LogP contribution in [0, 0.1) is 12.3 Å². The summed E-state index contributed by atoms with van der Waals surface area (Å²) in [7, 11) is 0. The van der Waals surface area contributed by atoms with E-state index in [-0.39, 0.29) is 5.91 Å². The Bertz CT molecular complexity index is 474. The van der Waals surface area contributed by atoms with Crippen LogP contribution >= 0.6 is 0 Å². The van der Waals surface area contributed by atoms with Crippen LogP contribution in [0.15, 0.2) is 18.2 Å². The highest BCUT2D eigenvalue weighted by molar-refractivity contribution is 5.97. The van der Waals surface area contributed by atoms with Crippen molar-refractivity contribution < 1.29 is 4.79 Å². The maximum Gasteiger partial charge on any atom is 0.251 e. The average Bonchev–Trinajstić information content (AvgIpc) is 2.43. The first-order valence-electron chi connectivity index (χ1n) is 6.40. The Morgan fingerprint density at radius 2 is 2.39 bits per heavy atom. The fraction of sp³-hybridized carbons (Fsp3) is 0.400. The molecule has 0 aromatic heterocycles. The molecule has 1 aliphatic rings. The van der Waals surface area contributed by atoms with Gasteiger partial charge < -0.3 is 10.6 Å². The normalized spacial score (nSPS) is 13.1. The van der Waals surface area contributed by atoms with Crippen LogP contribution in [0.4, 0.5) is 5.69 Å². The Hall–Kier alpha value is -1.95. The third-order valence-electron chi connectivity index (χ3n) is 3.12. The van der Waals surface area contributed by atoms with Gasteiger partial charge in [-0.1, -0.05) is 6.07 Å². The molecule has 0 fully saturated rings. The Morgan fingerprint density at radius 3 is 3.22 bits per heavy atom. The van der Waals surface area contributed by atoms with Crippen molar-refractivity contribution in [3.63, 3.8) is 0 Å². The number of hydrogen-bond donors (Lipinski definition) is 2. The third-order valence-corrected chi connectivity index (χ3v) is 3.12. The molecule has 0 bridgehead atoms. The van der Waals surface area contributed by atoms with E-state index in [4.69, 9.17) is 6.42 Å². The zero-order valence-electron chi connectivity index (χ0n) is 10.5. The summed E-state index contributed by atoms with van der Waals surface area (Å²) in [5.41, 5.74) is 3.02. The van der Waals surface area contributed by atoms with Gasteiger partial charge in [0, 0.05) is 30.8 Å². The predicted octanol–water partition coefficient (Wildman–Crippen LogP) is 2.19. The lowest BCUT2D eigenvalue weighted by Gasteiger charge is -2.20. The first kappa shape index (κ1) is 12.5. The van der Waals surface area contributed by atoms with Gasteiger partial charge >= 0.3 is 0 Å². The van der Waals surface area contributed by atoms with Gasteiger partial charge in [0.1, 0.15) is 0 Å². The van der Waals surface area contributed by atoms with Crippen molar-refractivity contribution in [2.75, 3.05) is 18.4 Å². The lowest BCUT2D eigenvalue weighted by atomic mass is 9.97. The van der Waals surface area contributed by atoms with Crippen LogP contribution < -0.4 is 10.6 Å². The maximum absolute atomic E-state index is 12.1. The minimum atomic E-state index is 0.00701. The van der Waals surface area contributed by atoms with Crippen LogP contribution in [0.5, 0.6) is 0 Å². The molecule has 18 heavy (non-hydrogen) atoms. The lowest BCUT2D eigenvalue weighted by Crippen LogP contribution is -2.26. The number of carbonyl (C=O) groups excluding carboxylic acids is 1. The molecule has 0 atom stereocenters. The van der Waals surface area contributed by atoms with Crippen LogP contribution in [0.3, 0.4) is 0 Å². The number of anilines is 1. The first-order chi connectivity index (χ1) is 8.83. The third kappa shape index (κ3) is 2.84. The molecule has 0 radical (unpaired) electrons. The largest absolute Gasteiger partial charge is 0.385 e. The van der Waals surface area contributed by atoms with E-state index in [1.54, 1.807) is 0 Å². The smallest absolute Gasteiger partial charge is 0.251 e. The fourth-order valence-corrected chi connectivity index (χ4v) is 2.21. The number of terminal acetylenes is 1. The monoisotopic (exact) mass is 242 g/mol. The summed E-state index contributed by atoms with van der Waals surface area (Å²) in [5, 5.41) is 6.25. The minimum Gasteiger partial charge on any atom is -0.385 e. The molecule has 1 amide bonds. The molecule has 1 aromatic rings. The number of carbonyl (C=O) groups is 1. The Kier molecular flexibility index (Phi) is 4.25. The van der Waals surface area contributed by atoms with Gasteiger partial charge in [-0.15, -0.1) is 12.3 Å². The number of benzene rings is 1. The van der Waals surface area contributed by atoms with Crippen molar-refractivity contribution in [3.8, 4) is 12.3 Å². The molecule has 0 spiro atoms. The van der Waals surface area contributed by atoms with Crippen molar-refractivity contribution >= 4 is 11.6 Å². The van der Waals surface area contributed by atoms with Crippen LogP contribution in [0.25, 0.3) is 0 Å². The van der Waals surface area contributed by atoms with Crippen molar-refractivity contribution in [1.29, 1.82) is 0 Å². The second-order valence-electron chi connectivity index (χ2n) is 4.43. The summed E-state index contributed by atoms with van der Waals surface area (Å²) in [4.78, 5) is 12.1. The Labute approximate surface area is 108 Å².